The summed E-state index contributed by atoms with van der Waals surface area (Å²) in [5.74, 6) is -2.45. The molecule has 1 unspecified atom stereocenters. The predicted molar refractivity (Wildman–Crippen MR) is 183 cm³/mol. The molecule has 2 rings (SSSR count). The maximum absolute atomic E-state index is 13.9. The second-order valence-electron chi connectivity index (χ2n) is 11.7. The molecule has 13 nitrogen and oxygen atoms in total. The van der Waals surface area contributed by atoms with E-state index in [1.807, 2.05) is 6.92 Å². The van der Waals surface area contributed by atoms with Gasteiger partial charge in [-0.25, -0.2) is 4.79 Å². The zero-order chi connectivity index (χ0) is 35.4. The van der Waals surface area contributed by atoms with Gasteiger partial charge in [-0.2, -0.15) is 0 Å². The molecule has 0 bridgehead atoms. The Labute approximate surface area is 290 Å². The highest BCUT2D eigenvalue weighted by atomic mass is 35.5. The third kappa shape index (κ3) is 15.5. The van der Waals surface area contributed by atoms with Crippen molar-refractivity contribution in [3.05, 3.63) is 34.9 Å². The SMILES string of the molecule is CCOCCOCCN(C)C(=O)CC[C@H](NC(=O)[C@H](CC1CCCCC1)NC(=O)OCc1cccc(Cl)c1)C(O)P(=O)(OCC)OCC. The average Bonchev–Trinajstić information content (AvgIpc) is 3.07. The van der Waals surface area contributed by atoms with E-state index in [-0.39, 0.29) is 44.5 Å². The van der Waals surface area contributed by atoms with Crippen LogP contribution in [0.1, 0.15) is 77.7 Å². The number of halogens is 1. The van der Waals surface area contributed by atoms with E-state index in [0.29, 0.717) is 50.0 Å². The highest BCUT2D eigenvalue weighted by Crippen LogP contribution is 2.53. The summed E-state index contributed by atoms with van der Waals surface area (Å²) < 4.78 is 40.5. The van der Waals surface area contributed by atoms with Gasteiger partial charge in [0.15, 0.2) is 5.85 Å². The quantitative estimate of drug-likeness (QED) is 0.100. The standard InChI is InChI=1S/C33H55ClN3O10P/c1-5-43-20-21-44-19-18-37(4)30(38)17-16-28(32(40)48(42,46-6-2)47-7-3)35-31(39)29(23-25-12-9-8-10-13-25)36-33(41)45-24-26-14-11-15-27(34)22-26/h11,14-15,22,25,28-29,32,40H,5-10,12-13,16-21,23-24H2,1-4H3,(H,35,39)(H,36,41)/t28-,29-,32?/m0/s1. The first kappa shape index (κ1) is 41.9. The van der Waals surface area contributed by atoms with Crippen LogP contribution in [0.5, 0.6) is 0 Å². The van der Waals surface area contributed by atoms with Crippen LogP contribution in [0.4, 0.5) is 4.79 Å². The lowest BCUT2D eigenvalue weighted by Crippen LogP contribution is -2.53. The summed E-state index contributed by atoms with van der Waals surface area (Å²) in [6, 6.07) is 4.69. The van der Waals surface area contributed by atoms with E-state index in [4.69, 9.17) is 34.9 Å². The number of ether oxygens (including phenoxy) is 3. The lowest BCUT2D eigenvalue weighted by molar-refractivity contribution is -0.131. The Morgan fingerprint density at radius 2 is 1.69 bits per heavy atom. The molecular weight excluding hydrogens is 665 g/mol. The normalized spacial score (nSPS) is 15.7. The number of carbonyl (C=O) groups excluding carboxylic acids is 3. The number of rotatable bonds is 23. The van der Waals surface area contributed by atoms with Crippen molar-refractivity contribution in [1.82, 2.24) is 15.5 Å². The van der Waals surface area contributed by atoms with E-state index < -0.39 is 37.5 Å². The number of carbonyl (C=O) groups is 3. The second kappa shape index (κ2) is 23.2. The van der Waals surface area contributed by atoms with Crippen molar-refractivity contribution in [3.8, 4) is 0 Å². The van der Waals surface area contributed by atoms with Crippen LogP contribution >= 0.6 is 19.2 Å². The molecule has 0 aliphatic heterocycles. The number of aliphatic hydroxyl groups excluding tert-OH is 1. The fourth-order valence-electron chi connectivity index (χ4n) is 5.46. The maximum Gasteiger partial charge on any atom is 0.408 e. The topological polar surface area (TPSA) is 162 Å². The van der Waals surface area contributed by atoms with Crippen molar-refractivity contribution < 1.29 is 47.3 Å². The Balaban J connectivity index is 2.17. The first-order valence-electron chi connectivity index (χ1n) is 17.0. The monoisotopic (exact) mass is 719 g/mol. The van der Waals surface area contributed by atoms with Gasteiger partial charge in [0.05, 0.1) is 39.1 Å². The van der Waals surface area contributed by atoms with E-state index in [0.717, 1.165) is 32.1 Å². The van der Waals surface area contributed by atoms with Gasteiger partial charge in [0.1, 0.15) is 12.6 Å². The van der Waals surface area contributed by atoms with Crippen molar-refractivity contribution in [2.24, 2.45) is 5.92 Å². The Bertz CT molecular complexity index is 1150. The first-order valence-corrected chi connectivity index (χ1v) is 19.0. The van der Waals surface area contributed by atoms with Crippen molar-refractivity contribution in [3.63, 3.8) is 0 Å². The molecule has 3 atom stereocenters. The molecule has 1 aromatic rings. The van der Waals surface area contributed by atoms with Crippen LogP contribution < -0.4 is 10.6 Å². The smallest absolute Gasteiger partial charge is 0.408 e. The fraction of sp³-hybridized carbons (Fsp3) is 0.727. The number of likely N-dealkylation sites (N-methyl/N-ethyl adjacent to an activating group) is 1. The van der Waals surface area contributed by atoms with Crippen molar-refractivity contribution in [1.29, 1.82) is 0 Å². The number of hydrogen-bond donors (Lipinski definition) is 3. The number of nitrogens with zero attached hydrogens (tertiary/aromatic N) is 1. The molecule has 0 heterocycles. The summed E-state index contributed by atoms with van der Waals surface area (Å²) in [5, 5.41) is 17.3. The predicted octanol–water partition coefficient (Wildman–Crippen LogP) is 5.27. The molecule has 274 valence electrons. The van der Waals surface area contributed by atoms with E-state index in [2.05, 4.69) is 10.6 Å². The number of alkyl carbamates (subject to hydrolysis) is 1. The zero-order valence-corrected chi connectivity index (χ0v) is 30.5. The summed E-state index contributed by atoms with van der Waals surface area (Å²) in [4.78, 5) is 41.3. The molecule has 15 heteroatoms. The van der Waals surface area contributed by atoms with Gasteiger partial charge in [-0.3, -0.25) is 14.2 Å². The van der Waals surface area contributed by atoms with Crippen molar-refractivity contribution >= 4 is 37.1 Å². The Morgan fingerprint density at radius 3 is 2.33 bits per heavy atom. The molecule has 0 aromatic heterocycles. The third-order valence-corrected chi connectivity index (χ3v) is 10.5. The molecule has 1 aromatic carbocycles. The highest BCUT2D eigenvalue weighted by molar-refractivity contribution is 7.54. The number of nitrogens with one attached hydrogen (secondary N) is 2. The van der Waals surface area contributed by atoms with Crippen LogP contribution in [0.25, 0.3) is 0 Å². The Morgan fingerprint density at radius 1 is 1.00 bits per heavy atom. The molecule has 3 amide bonds. The lowest BCUT2D eigenvalue weighted by atomic mass is 9.84. The third-order valence-electron chi connectivity index (χ3n) is 8.03. The Kier molecular flexibility index (Phi) is 20.3. The summed E-state index contributed by atoms with van der Waals surface area (Å²) >= 11 is 6.05. The molecular formula is C33H55ClN3O10P. The van der Waals surface area contributed by atoms with Crippen LogP contribution in [0, 0.1) is 5.92 Å². The largest absolute Gasteiger partial charge is 0.445 e. The Hall–Kier alpha value is -2.25. The van der Waals surface area contributed by atoms with Crippen molar-refractivity contribution in [2.45, 2.75) is 96.7 Å². The summed E-state index contributed by atoms with van der Waals surface area (Å²) in [6.45, 7) is 7.14. The van der Waals surface area contributed by atoms with Gasteiger partial charge in [0.25, 0.3) is 0 Å². The van der Waals surface area contributed by atoms with E-state index in [1.165, 1.54) is 4.90 Å². The number of hydrogen-bond acceptors (Lipinski definition) is 10. The van der Waals surface area contributed by atoms with E-state index in [1.54, 1.807) is 45.2 Å². The number of amides is 3. The summed E-state index contributed by atoms with van der Waals surface area (Å²) in [6.07, 6.45) is 4.39. The van der Waals surface area contributed by atoms with Gasteiger partial charge < -0.3 is 43.9 Å². The second-order valence-corrected chi connectivity index (χ2v) is 14.3. The maximum atomic E-state index is 13.9. The van der Waals surface area contributed by atoms with E-state index >= 15 is 0 Å². The summed E-state index contributed by atoms with van der Waals surface area (Å²) in [7, 11) is -2.49. The molecule has 0 spiro atoms. The van der Waals surface area contributed by atoms with Gasteiger partial charge in [0, 0.05) is 31.6 Å². The summed E-state index contributed by atoms with van der Waals surface area (Å²) in [5.41, 5.74) is 0.684. The van der Waals surface area contributed by atoms with Gasteiger partial charge in [-0.05, 0) is 57.2 Å². The first-order chi connectivity index (χ1) is 23.0. The van der Waals surface area contributed by atoms with Crippen LogP contribution in [-0.4, -0.2) is 99.1 Å². The minimum Gasteiger partial charge on any atom is -0.445 e. The molecule has 1 saturated carbocycles. The van der Waals surface area contributed by atoms with Gasteiger partial charge in [-0.1, -0.05) is 55.8 Å². The van der Waals surface area contributed by atoms with Crippen LogP contribution in [0.3, 0.4) is 0 Å². The molecule has 1 fully saturated rings. The van der Waals surface area contributed by atoms with Crippen LogP contribution in [-0.2, 0) is 44.0 Å². The van der Waals surface area contributed by atoms with Gasteiger partial charge >= 0.3 is 13.7 Å². The fourth-order valence-corrected chi connectivity index (χ4v) is 7.43. The molecule has 0 saturated heterocycles. The molecule has 0 radical (unpaired) electrons. The minimum atomic E-state index is -4.12. The van der Waals surface area contributed by atoms with Crippen LogP contribution in [0.2, 0.25) is 5.02 Å². The molecule has 1 aliphatic carbocycles. The molecule has 3 N–H and O–H groups in total. The van der Waals surface area contributed by atoms with Gasteiger partial charge in [0.2, 0.25) is 11.8 Å². The number of aliphatic hydroxyl groups is 1. The minimum absolute atomic E-state index is 0.00963. The van der Waals surface area contributed by atoms with Crippen LogP contribution in [0.15, 0.2) is 24.3 Å². The lowest BCUT2D eigenvalue weighted by Gasteiger charge is -2.32. The molecule has 1 aliphatic rings. The van der Waals surface area contributed by atoms with Gasteiger partial charge in [-0.15, -0.1) is 0 Å². The van der Waals surface area contributed by atoms with E-state index in [9.17, 15) is 24.1 Å². The molecule has 48 heavy (non-hydrogen) atoms. The average molecular weight is 720 g/mol. The highest BCUT2D eigenvalue weighted by Gasteiger charge is 2.42. The van der Waals surface area contributed by atoms with Crippen molar-refractivity contribution in [2.75, 3.05) is 53.2 Å². The number of benzene rings is 1. The zero-order valence-electron chi connectivity index (χ0n) is 28.8.